The number of piperidine rings is 1. The Bertz CT molecular complexity index is 697. The molecule has 1 aliphatic carbocycles. The van der Waals surface area contributed by atoms with Crippen molar-refractivity contribution in [1.29, 1.82) is 0 Å². The highest BCUT2D eigenvalue weighted by Crippen LogP contribution is 2.42. The third-order valence-electron chi connectivity index (χ3n) is 6.84. The molecule has 0 bridgehead atoms. The number of nitrogens with zero attached hydrogens (tertiary/aromatic N) is 2. The minimum absolute atomic E-state index is 0.0699. The van der Waals surface area contributed by atoms with Crippen molar-refractivity contribution in [2.24, 2.45) is 17.8 Å². The highest BCUT2D eigenvalue weighted by atomic mass is 16.6. The number of hydrogen-bond acceptors (Lipinski definition) is 8. The number of methoxy groups -OCH3 is 1. The van der Waals surface area contributed by atoms with Gasteiger partial charge in [-0.25, -0.2) is 9.59 Å². The van der Waals surface area contributed by atoms with Crippen molar-refractivity contribution in [1.82, 2.24) is 9.80 Å². The van der Waals surface area contributed by atoms with Gasteiger partial charge in [0.2, 0.25) is 0 Å². The molecular formula is C22H34N2O7. The first-order valence-corrected chi connectivity index (χ1v) is 11.3. The Hall–Kier alpha value is -2.16. The summed E-state index contributed by atoms with van der Waals surface area (Å²) in [4.78, 5) is 52.5. The van der Waals surface area contributed by atoms with E-state index in [-0.39, 0.29) is 43.2 Å². The fourth-order valence-corrected chi connectivity index (χ4v) is 5.43. The summed E-state index contributed by atoms with van der Waals surface area (Å²) in [7, 11) is 1.32. The summed E-state index contributed by atoms with van der Waals surface area (Å²) < 4.78 is 15.3. The summed E-state index contributed by atoms with van der Waals surface area (Å²) in [6.45, 7) is 5.52. The monoisotopic (exact) mass is 438 g/mol. The van der Waals surface area contributed by atoms with E-state index < -0.39 is 18.2 Å². The van der Waals surface area contributed by atoms with E-state index in [1.54, 1.807) is 13.8 Å². The van der Waals surface area contributed by atoms with Crippen LogP contribution in [0.4, 0.5) is 4.79 Å². The molecule has 9 nitrogen and oxygen atoms in total. The largest absolute Gasteiger partial charge is 0.465 e. The Morgan fingerprint density at radius 3 is 2.29 bits per heavy atom. The summed E-state index contributed by atoms with van der Waals surface area (Å²) in [5, 5.41) is 0. The molecule has 0 aromatic carbocycles. The van der Waals surface area contributed by atoms with Crippen molar-refractivity contribution < 1.29 is 33.4 Å². The molecular weight excluding hydrogens is 404 g/mol. The fraction of sp³-hybridized carbons (Fsp3) is 0.818. The molecule has 2 saturated heterocycles. The van der Waals surface area contributed by atoms with Crippen molar-refractivity contribution in [3.8, 4) is 0 Å². The van der Waals surface area contributed by atoms with Crippen molar-refractivity contribution in [2.45, 2.75) is 58.0 Å². The van der Waals surface area contributed by atoms with Crippen LogP contribution in [0.2, 0.25) is 0 Å². The number of Topliss-reactive ketones (excluding diaryl/α,β-unsaturated/α-hetero) is 1. The molecule has 0 N–H and O–H groups in total. The van der Waals surface area contributed by atoms with Gasteiger partial charge in [-0.05, 0) is 57.3 Å². The first-order valence-electron chi connectivity index (χ1n) is 11.3. The van der Waals surface area contributed by atoms with Gasteiger partial charge in [0.05, 0.1) is 26.9 Å². The normalized spacial score (nSPS) is 31.1. The molecule has 31 heavy (non-hydrogen) atoms. The number of fused-ring (bicyclic) bond motifs is 1. The maximum atomic E-state index is 12.5. The second-order valence-corrected chi connectivity index (χ2v) is 8.77. The molecule has 9 heteroatoms. The maximum absolute atomic E-state index is 12.5. The predicted molar refractivity (Wildman–Crippen MR) is 110 cm³/mol. The minimum atomic E-state index is -0.631. The average molecular weight is 439 g/mol. The van der Waals surface area contributed by atoms with Gasteiger partial charge in [0.1, 0.15) is 17.9 Å². The average Bonchev–Trinajstić information content (AvgIpc) is 3.12. The number of esters is 2. The van der Waals surface area contributed by atoms with Crippen molar-refractivity contribution in [3.05, 3.63) is 0 Å². The van der Waals surface area contributed by atoms with E-state index in [0.717, 1.165) is 19.3 Å². The van der Waals surface area contributed by atoms with Gasteiger partial charge in [0.15, 0.2) is 0 Å². The number of carbonyl (C=O) groups is 4. The summed E-state index contributed by atoms with van der Waals surface area (Å²) in [6.07, 6.45) is 3.07. The molecule has 2 unspecified atom stereocenters. The number of hydrogen-bond donors (Lipinski definition) is 0. The van der Waals surface area contributed by atoms with Crippen molar-refractivity contribution in [2.75, 3.05) is 40.0 Å². The lowest BCUT2D eigenvalue weighted by Crippen LogP contribution is -2.55. The Labute approximate surface area is 183 Å². The number of likely N-dealkylation sites (tertiary alicyclic amines) is 2. The van der Waals surface area contributed by atoms with Crippen LogP contribution in [0.3, 0.4) is 0 Å². The van der Waals surface area contributed by atoms with E-state index in [0.29, 0.717) is 38.0 Å². The van der Waals surface area contributed by atoms with Gasteiger partial charge in [-0.1, -0.05) is 0 Å². The molecule has 5 atom stereocenters. The van der Waals surface area contributed by atoms with Crippen LogP contribution in [0.15, 0.2) is 0 Å². The molecule has 0 spiro atoms. The minimum Gasteiger partial charge on any atom is -0.465 e. The van der Waals surface area contributed by atoms with Crippen LogP contribution < -0.4 is 0 Å². The fourth-order valence-electron chi connectivity index (χ4n) is 5.43. The van der Waals surface area contributed by atoms with E-state index in [4.69, 9.17) is 14.2 Å². The zero-order valence-corrected chi connectivity index (χ0v) is 18.7. The lowest BCUT2D eigenvalue weighted by molar-refractivity contribution is -0.153. The summed E-state index contributed by atoms with van der Waals surface area (Å²) >= 11 is 0. The van der Waals surface area contributed by atoms with Gasteiger partial charge in [-0.15, -0.1) is 0 Å². The highest BCUT2D eigenvalue weighted by Gasteiger charge is 2.46. The smallest absolute Gasteiger partial charge is 0.410 e. The molecule has 2 heterocycles. The molecule has 0 radical (unpaired) electrons. The predicted octanol–water partition coefficient (Wildman–Crippen LogP) is 1.63. The van der Waals surface area contributed by atoms with Gasteiger partial charge < -0.3 is 14.2 Å². The first-order chi connectivity index (χ1) is 14.9. The molecule has 3 rings (SSSR count). The quantitative estimate of drug-likeness (QED) is 0.455. The first kappa shape index (κ1) is 23.5. The van der Waals surface area contributed by atoms with Crippen LogP contribution in [0, 0.1) is 17.8 Å². The Morgan fingerprint density at radius 2 is 1.65 bits per heavy atom. The number of rotatable bonds is 6. The lowest BCUT2D eigenvalue weighted by atomic mass is 9.69. The molecule has 2 aliphatic heterocycles. The van der Waals surface area contributed by atoms with Crippen LogP contribution in [-0.2, 0) is 28.6 Å². The number of carbonyl (C=O) groups excluding carboxylic acids is 4. The van der Waals surface area contributed by atoms with Crippen LogP contribution in [0.25, 0.3) is 0 Å². The molecule has 1 amide bonds. The Kier molecular flexibility index (Phi) is 7.91. The molecule has 3 aliphatic rings. The van der Waals surface area contributed by atoms with Gasteiger partial charge in [-0.2, -0.15) is 0 Å². The zero-order chi connectivity index (χ0) is 22.5. The summed E-state index contributed by atoms with van der Waals surface area (Å²) in [5.41, 5.74) is 0. The van der Waals surface area contributed by atoms with E-state index in [1.807, 2.05) is 4.90 Å². The van der Waals surface area contributed by atoms with Crippen molar-refractivity contribution >= 4 is 23.8 Å². The van der Waals surface area contributed by atoms with Gasteiger partial charge >= 0.3 is 18.0 Å². The van der Waals surface area contributed by atoms with E-state index in [9.17, 15) is 19.2 Å². The summed E-state index contributed by atoms with van der Waals surface area (Å²) in [6, 6.07) is -1.12. The molecule has 1 saturated carbocycles. The highest BCUT2D eigenvalue weighted by molar-refractivity contribution is 5.91. The second-order valence-electron chi connectivity index (χ2n) is 8.77. The number of amides is 1. The number of ether oxygens (including phenoxy) is 3. The van der Waals surface area contributed by atoms with Crippen LogP contribution in [0.5, 0.6) is 0 Å². The maximum Gasteiger partial charge on any atom is 0.410 e. The van der Waals surface area contributed by atoms with E-state index >= 15 is 0 Å². The molecule has 0 aromatic rings. The lowest BCUT2D eigenvalue weighted by Gasteiger charge is -2.46. The van der Waals surface area contributed by atoms with Crippen LogP contribution in [0.1, 0.15) is 46.0 Å². The number of ketones is 1. The Morgan fingerprint density at radius 1 is 0.968 bits per heavy atom. The Balaban J connectivity index is 1.65. The zero-order valence-electron chi connectivity index (χ0n) is 18.7. The summed E-state index contributed by atoms with van der Waals surface area (Å²) in [5.74, 6) is 0.282. The standard InChI is InChI=1S/C22H34N2O7/c1-4-30-20(26)18-10-17(25)13-23(18)11-14-6-7-15-12-24(22(28)29-3)19(9-16(15)8-14)21(27)31-5-2/h14-16,18-19H,4-13H2,1-3H3/t14-,15-,16?,18-,19?/m0/s1. The van der Waals surface area contributed by atoms with Gasteiger partial charge in [0.25, 0.3) is 0 Å². The second kappa shape index (κ2) is 10.4. The third kappa shape index (κ3) is 5.37. The van der Waals surface area contributed by atoms with Crippen molar-refractivity contribution in [3.63, 3.8) is 0 Å². The van der Waals surface area contributed by atoms with E-state index in [1.165, 1.54) is 12.0 Å². The van der Waals surface area contributed by atoms with Gasteiger partial charge in [-0.3, -0.25) is 19.4 Å². The van der Waals surface area contributed by atoms with E-state index in [2.05, 4.69) is 0 Å². The molecule has 174 valence electrons. The molecule has 0 aromatic heterocycles. The topological polar surface area (TPSA) is 102 Å². The SMILES string of the molecule is CCOC(=O)C1CC2C[C@@H](CN3CC(=O)C[C@H]3C(=O)OCC)CC[C@H]2CN1C(=O)OC. The third-order valence-corrected chi connectivity index (χ3v) is 6.84. The van der Waals surface area contributed by atoms with Gasteiger partial charge in [0, 0.05) is 19.5 Å². The van der Waals surface area contributed by atoms with Crippen LogP contribution in [-0.4, -0.2) is 85.7 Å². The molecule has 3 fully saturated rings. The van der Waals surface area contributed by atoms with Crippen LogP contribution >= 0.6 is 0 Å².